The Morgan fingerprint density at radius 2 is 1.86 bits per heavy atom. The van der Waals surface area contributed by atoms with E-state index in [1.54, 1.807) is 0 Å². The van der Waals surface area contributed by atoms with Crippen LogP contribution in [0.15, 0.2) is 12.4 Å². The third-order valence-electron chi connectivity index (χ3n) is 2.72. The highest BCUT2D eigenvalue weighted by atomic mass is 32.1. The first-order valence-electron chi connectivity index (χ1n) is 4.96. The molecule has 3 nitrogen and oxygen atoms in total. The number of thiol groups is 1. The first-order chi connectivity index (χ1) is 6.77. The topological polar surface area (TPSA) is 46.0 Å². The van der Waals surface area contributed by atoms with E-state index in [0.29, 0.717) is 11.2 Å². The van der Waals surface area contributed by atoms with Crippen LogP contribution >= 0.6 is 12.6 Å². The van der Waals surface area contributed by atoms with Gasteiger partial charge in [0, 0.05) is 11.2 Å². The van der Waals surface area contributed by atoms with E-state index in [0.717, 1.165) is 18.7 Å². The minimum Gasteiger partial charge on any atom is -0.505 e. The maximum atomic E-state index is 9.08. The molecule has 4 heteroatoms. The fourth-order valence-corrected chi connectivity index (χ4v) is 2.40. The second kappa shape index (κ2) is 4.17. The Morgan fingerprint density at radius 3 is 2.50 bits per heavy atom. The molecule has 0 bridgehead atoms. The lowest BCUT2D eigenvalue weighted by atomic mass is 9.88. The standard InChI is InChI=1S/C10H14N2OS/c13-7-5-11-10(12-6-7)8-3-1-2-4-9(8)14/h5-6,8-9,13-14H,1-4H2. The molecule has 14 heavy (non-hydrogen) atoms. The number of hydrogen-bond acceptors (Lipinski definition) is 4. The molecule has 0 aromatic carbocycles. The summed E-state index contributed by atoms with van der Waals surface area (Å²) in [5.74, 6) is 1.30. The van der Waals surface area contributed by atoms with Gasteiger partial charge in [0.15, 0.2) is 5.75 Å². The van der Waals surface area contributed by atoms with Crippen molar-refractivity contribution in [1.29, 1.82) is 0 Å². The summed E-state index contributed by atoms with van der Waals surface area (Å²) in [5, 5.41) is 9.45. The molecule has 1 heterocycles. The summed E-state index contributed by atoms with van der Waals surface area (Å²) in [7, 11) is 0. The molecule has 1 aliphatic rings. The summed E-state index contributed by atoms with van der Waals surface area (Å²) in [6.07, 6.45) is 7.64. The van der Waals surface area contributed by atoms with Crippen LogP contribution in [0.5, 0.6) is 5.75 Å². The maximum Gasteiger partial charge on any atom is 0.152 e. The Hall–Kier alpha value is -0.770. The zero-order chi connectivity index (χ0) is 9.97. The Balaban J connectivity index is 2.16. The predicted octanol–water partition coefficient (Wildman–Crippen LogP) is 2.14. The molecular weight excluding hydrogens is 196 g/mol. The van der Waals surface area contributed by atoms with Gasteiger partial charge in [0.2, 0.25) is 0 Å². The van der Waals surface area contributed by atoms with Crippen molar-refractivity contribution in [2.45, 2.75) is 36.9 Å². The zero-order valence-electron chi connectivity index (χ0n) is 7.93. The average Bonchev–Trinajstić information content (AvgIpc) is 2.20. The highest BCUT2D eigenvalue weighted by Gasteiger charge is 2.25. The van der Waals surface area contributed by atoms with Gasteiger partial charge >= 0.3 is 0 Å². The summed E-state index contributed by atoms with van der Waals surface area (Å²) < 4.78 is 0. The molecule has 2 atom stereocenters. The van der Waals surface area contributed by atoms with Gasteiger partial charge in [-0.1, -0.05) is 12.8 Å². The van der Waals surface area contributed by atoms with Gasteiger partial charge in [-0.15, -0.1) is 0 Å². The highest BCUT2D eigenvalue weighted by molar-refractivity contribution is 7.81. The second-order valence-corrected chi connectivity index (χ2v) is 4.42. The molecule has 0 saturated heterocycles. The zero-order valence-corrected chi connectivity index (χ0v) is 8.82. The number of nitrogens with zero attached hydrogens (tertiary/aromatic N) is 2. The van der Waals surface area contributed by atoms with Crippen molar-refractivity contribution in [2.24, 2.45) is 0 Å². The lowest BCUT2D eigenvalue weighted by molar-refractivity contribution is 0.434. The lowest BCUT2D eigenvalue weighted by Crippen LogP contribution is -2.19. The van der Waals surface area contributed by atoms with Crippen molar-refractivity contribution < 1.29 is 5.11 Å². The van der Waals surface area contributed by atoms with E-state index in [1.807, 2.05) is 0 Å². The first-order valence-corrected chi connectivity index (χ1v) is 5.48. The third kappa shape index (κ3) is 2.00. The molecule has 2 unspecified atom stereocenters. The van der Waals surface area contributed by atoms with E-state index < -0.39 is 0 Å². The minimum absolute atomic E-state index is 0.125. The molecule has 0 radical (unpaired) electrons. The van der Waals surface area contributed by atoms with Crippen molar-refractivity contribution >= 4 is 12.6 Å². The molecule has 76 valence electrons. The minimum atomic E-state index is 0.125. The second-order valence-electron chi connectivity index (χ2n) is 3.76. The van der Waals surface area contributed by atoms with Crippen LogP contribution in [0, 0.1) is 0 Å². The van der Waals surface area contributed by atoms with Gasteiger partial charge < -0.3 is 5.11 Å². The Morgan fingerprint density at radius 1 is 1.21 bits per heavy atom. The van der Waals surface area contributed by atoms with E-state index in [9.17, 15) is 0 Å². The van der Waals surface area contributed by atoms with Gasteiger partial charge in [-0.25, -0.2) is 9.97 Å². The average molecular weight is 210 g/mol. The third-order valence-corrected chi connectivity index (χ3v) is 3.34. The SMILES string of the molecule is Oc1cnc(C2CCCCC2S)nc1. The van der Waals surface area contributed by atoms with Crippen LogP contribution in [0.4, 0.5) is 0 Å². The van der Waals surface area contributed by atoms with Crippen LogP contribution in [-0.2, 0) is 0 Å². The number of aromatic hydroxyl groups is 1. The largest absolute Gasteiger partial charge is 0.505 e. The molecule has 0 amide bonds. The van der Waals surface area contributed by atoms with Gasteiger partial charge in [0.25, 0.3) is 0 Å². The molecule has 0 aliphatic heterocycles. The molecule has 1 aromatic heterocycles. The Bertz CT molecular complexity index is 301. The van der Waals surface area contributed by atoms with E-state index in [1.165, 1.54) is 25.2 Å². The maximum absolute atomic E-state index is 9.08. The van der Waals surface area contributed by atoms with Crippen molar-refractivity contribution in [1.82, 2.24) is 9.97 Å². The molecule has 2 rings (SSSR count). The normalized spacial score (nSPS) is 27.5. The van der Waals surface area contributed by atoms with E-state index in [2.05, 4.69) is 22.6 Å². The number of rotatable bonds is 1. The van der Waals surface area contributed by atoms with E-state index in [4.69, 9.17) is 5.11 Å². The summed E-state index contributed by atoms with van der Waals surface area (Å²) >= 11 is 4.55. The smallest absolute Gasteiger partial charge is 0.152 e. The van der Waals surface area contributed by atoms with Crippen molar-refractivity contribution in [2.75, 3.05) is 0 Å². The van der Waals surface area contributed by atoms with Gasteiger partial charge in [0.05, 0.1) is 12.4 Å². The number of hydrogen-bond donors (Lipinski definition) is 2. The summed E-state index contributed by atoms with van der Waals surface area (Å²) in [6, 6.07) is 0. The fraction of sp³-hybridized carbons (Fsp3) is 0.600. The molecule has 1 N–H and O–H groups in total. The summed E-state index contributed by atoms with van der Waals surface area (Å²) in [5.41, 5.74) is 0. The van der Waals surface area contributed by atoms with Gasteiger partial charge in [-0.3, -0.25) is 0 Å². The predicted molar refractivity (Wildman–Crippen MR) is 57.7 cm³/mol. The molecule has 1 fully saturated rings. The summed E-state index contributed by atoms with van der Waals surface area (Å²) in [6.45, 7) is 0. The van der Waals surface area contributed by atoms with Crippen LogP contribution in [0.1, 0.15) is 37.4 Å². The Kier molecular flexibility index (Phi) is 2.91. The molecular formula is C10H14N2OS. The van der Waals surface area contributed by atoms with E-state index in [-0.39, 0.29) is 5.75 Å². The van der Waals surface area contributed by atoms with Crippen LogP contribution in [0.25, 0.3) is 0 Å². The van der Waals surface area contributed by atoms with Crippen molar-refractivity contribution in [3.63, 3.8) is 0 Å². The molecule has 1 aromatic rings. The monoisotopic (exact) mass is 210 g/mol. The van der Waals surface area contributed by atoms with Crippen LogP contribution in [-0.4, -0.2) is 20.3 Å². The molecule has 1 aliphatic carbocycles. The van der Waals surface area contributed by atoms with Gasteiger partial charge in [-0.05, 0) is 12.8 Å². The van der Waals surface area contributed by atoms with Crippen molar-refractivity contribution in [3.05, 3.63) is 18.2 Å². The first kappa shape index (κ1) is 9.77. The number of aromatic nitrogens is 2. The van der Waals surface area contributed by atoms with Gasteiger partial charge in [-0.2, -0.15) is 12.6 Å². The quantitative estimate of drug-likeness (QED) is 0.698. The summed E-state index contributed by atoms with van der Waals surface area (Å²) in [4.78, 5) is 8.28. The highest BCUT2D eigenvalue weighted by Crippen LogP contribution is 2.34. The van der Waals surface area contributed by atoms with E-state index >= 15 is 0 Å². The Labute approximate surface area is 89.0 Å². The van der Waals surface area contributed by atoms with Crippen LogP contribution < -0.4 is 0 Å². The van der Waals surface area contributed by atoms with Crippen LogP contribution in [0.3, 0.4) is 0 Å². The van der Waals surface area contributed by atoms with Crippen molar-refractivity contribution in [3.8, 4) is 5.75 Å². The fourth-order valence-electron chi connectivity index (χ4n) is 1.94. The van der Waals surface area contributed by atoms with Crippen LogP contribution in [0.2, 0.25) is 0 Å². The van der Waals surface area contributed by atoms with Gasteiger partial charge in [0.1, 0.15) is 5.82 Å². The lowest BCUT2D eigenvalue weighted by Gasteiger charge is -2.26. The molecule has 0 spiro atoms. The molecule has 1 saturated carbocycles.